The number of esters is 1. The van der Waals surface area contributed by atoms with Gasteiger partial charge >= 0.3 is 5.97 Å². The van der Waals surface area contributed by atoms with E-state index in [4.69, 9.17) is 14.2 Å². The molecule has 0 bridgehead atoms. The molecule has 6 heteroatoms. The van der Waals surface area contributed by atoms with Gasteiger partial charge in [-0.2, -0.15) is 5.26 Å². The van der Waals surface area contributed by atoms with Crippen molar-refractivity contribution in [3.05, 3.63) is 51.9 Å². The molecule has 0 aliphatic heterocycles. The molecule has 0 fully saturated rings. The topological polar surface area (TPSA) is 73.5 Å². The van der Waals surface area contributed by atoms with Gasteiger partial charge in [0.25, 0.3) is 0 Å². The van der Waals surface area contributed by atoms with E-state index in [-0.39, 0.29) is 12.2 Å². The number of rotatable bonds is 9. The molecule has 0 spiro atoms. The maximum Gasteiger partial charge on any atom is 0.349 e. The molecular weight excluding hydrogens is 392 g/mol. The Morgan fingerprint density at radius 1 is 1.13 bits per heavy atom. The van der Waals surface area contributed by atoms with Gasteiger partial charge in [-0.15, -0.1) is 0 Å². The largest absolute Gasteiger partial charge is 0.493 e. The lowest BCUT2D eigenvalue weighted by molar-refractivity contribution is -0.139. The van der Waals surface area contributed by atoms with E-state index in [1.165, 1.54) is 0 Å². The van der Waals surface area contributed by atoms with Crippen molar-refractivity contribution < 1.29 is 19.0 Å². The minimum Gasteiger partial charge on any atom is -0.493 e. The van der Waals surface area contributed by atoms with E-state index >= 15 is 0 Å². The molecule has 1 aromatic heterocycles. The number of nitrogens with zero attached hydrogens (tertiary/aromatic N) is 2. The Hall–Kier alpha value is -3.20. The Labute approximate surface area is 185 Å². The second-order valence-corrected chi connectivity index (χ2v) is 8.04. The van der Waals surface area contributed by atoms with Crippen molar-refractivity contribution in [1.82, 2.24) is 4.57 Å². The first-order valence-corrected chi connectivity index (χ1v) is 10.4. The molecule has 0 radical (unpaired) electrons. The lowest BCUT2D eigenvalue weighted by Crippen LogP contribution is -2.08. The standard InChI is InChI=1S/C25H32N2O4/c1-16(2)8-9-27-18(4)11-20(19(27)5)12-21(14-26)25(28)31-15-22-13-24(30-7)23(29-6)10-17(22)3/h10-13,16H,8-9,15H2,1-7H3/b21-12+. The van der Waals surface area contributed by atoms with Crippen LogP contribution in [0, 0.1) is 38.0 Å². The van der Waals surface area contributed by atoms with Crippen LogP contribution in [0.15, 0.2) is 23.8 Å². The van der Waals surface area contributed by atoms with Crippen LogP contribution in [0.1, 0.15) is 48.3 Å². The number of hydrogen-bond acceptors (Lipinski definition) is 5. The monoisotopic (exact) mass is 424 g/mol. The Balaban J connectivity index is 2.19. The van der Waals surface area contributed by atoms with Crippen LogP contribution in [0.2, 0.25) is 0 Å². The van der Waals surface area contributed by atoms with E-state index < -0.39 is 5.97 Å². The quantitative estimate of drug-likeness (QED) is 0.317. The van der Waals surface area contributed by atoms with Crippen molar-refractivity contribution in [2.24, 2.45) is 5.92 Å². The molecule has 2 rings (SSSR count). The smallest absolute Gasteiger partial charge is 0.349 e. The number of hydrogen-bond donors (Lipinski definition) is 0. The summed E-state index contributed by atoms with van der Waals surface area (Å²) in [6.45, 7) is 11.3. The summed E-state index contributed by atoms with van der Waals surface area (Å²) in [6, 6.07) is 7.59. The Bertz CT molecular complexity index is 1010. The van der Waals surface area contributed by atoms with E-state index in [0.717, 1.165) is 41.0 Å². The van der Waals surface area contributed by atoms with Crippen molar-refractivity contribution in [2.75, 3.05) is 14.2 Å². The molecule has 0 saturated carbocycles. The fourth-order valence-corrected chi connectivity index (χ4v) is 3.40. The summed E-state index contributed by atoms with van der Waals surface area (Å²) in [5.74, 6) is 1.12. The summed E-state index contributed by atoms with van der Waals surface area (Å²) in [6.07, 6.45) is 2.68. The minimum absolute atomic E-state index is 0.0257. The SMILES string of the molecule is COc1cc(C)c(COC(=O)/C(C#N)=C/c2cc(C)n(CCC(C)C)c2C)cc1OC. The number of methoxy groups -OCH3 is 2. The fourth-order valence-electron chi connectivity index (χ4n) is 3.40. The number of nitriles is 1. The molecule has 0 aliphatic rings. The van der Waals surface area contributed by atoms with Crippen LogP contribution >= 0.6 is 0 Å². The second-order valence-electron chi connectivity index (χ2n) is 8.04. The normalized spacial score (nSPS) is 11.4. The first-order valence-electron chi connectivity index (χ1n) is 10.4. The summed E-state index contributed by atoms with van der Waals surface area (Å²) in [5.41, 5.74) is 4.67. The van der Waals surface area contributed by atoms with Gasteiger partial charge in [0.1, 0.15) is 18.2 Å². The predicted molar refractivity (Wildman–Crippen MR) is 121 cm³/mol. The number of carbonyl (C=O) groups excluding carboxylic acids is 1. The van der Waals surface area contributed by atoms with Gasteiger partial charge in [0.05, 0.1) is 14.2 Å². The van der Waals surface area contributed by atoms with E-state index in [1.54, 1.807) is 26.4 Å². The maximum absolute atomic E-state index is 12.6. The highest BCUT2D eigenvalue weighted by atomic mass is 16.5. The van der Waals surface area contributed by atoms with Crippen LogP contribution < -0.4 is 9.47 Å². The number of aromatic nitrogens is 1. The zero-order valence-electron chi connectivity index (χ0n) is 19.5. The van der Waals surface area contributed by atoms with Crippen LogP contribution in [0.5, 0.6) is 11.5 Å². The molecule has 0 saturated heterocycles. The molecule has 1 heterocycles. The van der Waals surface area contributed by atoms with Crippen molar-refractivity contribution >= 4 is 12.0 Å². The average Bonchev–Trinajstić information content (AvgIpc) is 3.01. The van der Waals surface area contributed by atoms with E-state index in [0.29, 0.717) is 17.4 Å². The lowest BCUT2D eigenvalue weighted by Gasteiger charge is -2.13. The molecule has 2 aromatic rings. The van der Waals surface area contributed by atoms with Crippen molar-refractivity contribution in [3.8, 4) is 17.6 Å². The van der Waals surface area contributed by atoms with Crippen LogP contribution in [-0.4, -0.2) is 24.8 Å². The number of ether oxygens (including phenoxy) is 3. The molecule has 166 valence electrons. The average molecular weight is 425 g/mol. The Morgan fingerprint density at radius 3 is 2.35 bits per heavy atom. The molecule has 31 heavy (non-hydrogen) atoms. The summed E-state index contributed by atoms with van der Waals surface area (Å²) in [7, 11) is 3.12. The van der Waals surface area contributed by atoms with Gasteiger partial charge in [-0.25, -0.2) is 4.79 Å². The summed E-state index contributed by atoms with van der Waals surface area (Å²) >= 11 is 0. The van der Waals surface area contributed by atoms with Crippen molar-refractivity contribution in [2.45, 2.75) is 54.2 Å². The van der Waals surface area contributed by atoms with Gasteiger partial charge in [0, 0.05) is 17.9 Å². The van der Waals surface area contributed by atoms with Gasteiger partial charge in [-0.05, 0) is 74.1 Å². The Morgan fingerprint density at radius 2 is 1.77 bits per heavy atom. The minimum atomic E-state index is -0.649. The molecule has 0 unspecified atom stereocenters. The first-order chi connectivity index (χ1) is 14.7. The molecular formula is C25H32N2O4. The van der Waals surface area contributed by atoms with E-state index in [1.807, 2.05) is 39.0 Å². The summed E-state index contributed by atoms with van der Waals surface area (Å²) < 4.78 is 18.3. The molecule has 0 aliphatic carbocycles. The second kappa shape index (κ2) is 10.7. The number of aryl methyl sites for hydroxylation is 2. The number of benzene rings is 1. The molecule has 0 N–H and O–H groups in total. The number of carbonyl (C=O) groups is 1. The highest BCUT2D eigenvalue weighted by Gasteiger charge is 2.16. The van der Waals surface area contributed by atoms with Crippen molar-refractivity contribution in [3.63, 3.8) is 0 Å². The van der Waals surface area contributed by atoms with Gasteiger partial charge in [-0.3, -0.25) is 0 Å². The third-order valence-corrected chi connectivity index (χ3v) is 5.38. The van der Waals surface area contributed by atoms with Crippen LogP contribution in [-0.2, 0) is 22.7 Å². The third-order valence-electron chi connectivity index (χ3n) is 5.38. The van der Waals surface area contributed by atoms with E-state index in [2.05, 4.69) is 18.4 Å². The van der Waals surface area contributed by atoms with E-state index in [9.17, 15) is 10.1 Å². The predicted octanol–water partition coefficient (Wildman–Crippen LogP) is 5.13. The van der Waals surface area contributed by atoms with Gasteiger partial charge < -0.3 is 18.8 Å². The summed E-state index contributed by atoms with van der Waals surface area (Å²) in [4.78, 5) is 12.6. The van der Waals surface area contributed by atoms with Crippen LogP contribution in [0.3, 0.4) is 0 Å². The van der Waals surface area contributed by atoms with Crippen molar-refractivity contribution in [1.29, 1.82) is 5.26 Å². The third kappa shape index (κ3) is 5.91. The van der Waals surface area contributed by atoms with Crippen LogP contribution in [0.25, 0.3) is 6.08 Å². The fraction of sp³-hybridized carbons (Fsp3) is 0.440. The Kier molecular flexibility index (Phi) is 8.32. The zero-order valence-corrected chi connectivity index (χ0v) is 19.5. The van der Waals surface area contributed by atoms with Gasteiger partial charge in [0.15, 0.2) is 11.5 Å². The molecule has 0 amide bonds. The molecule has 6 nitrogen and oxygen atoms in total. The van der Waals surface area contributed by atoms with Gasteiger partial charge in [-0.1, -0.05) is 13.8 Å². The maximum atomic E-state index is 12.6. The highest BCUT2D eigenvalue weighted by Crippen LogP contribution is 2.30. The van der Waals surface area contributed by atoms with Crippen LogP contribution in [0.4, 0.5) is 0 Å². The van der Waals surface area contributed by atoms with Gasteiger partial charge in [0.2, 0.25) is 0 Å². The molecule has 0 atom stereocenters. The first kappa shape index (κ1) is 24.1. The summed E-state index contributed by atoms with van der Waals surface area (Å²) in [5, 5.41) is 9.54. The molecule has 1 aromatic carbocycles. The zero-order chi connectivity index (χ0) is 23.1. The highest BCUT2D eigenvalue weighted by molar-refractivity contribution is 5.98. The lowest BCUT2D eigenvalue weighted by atomic mass is 10.1.